The maximum Gasteiger partial charge on any atom is 0.139 e. The molecule has 2 heterocycles. The van der Waals surface area contributed by atoms with Gasteiger partial charge in [0.1, 0.15) is 11.9 Å². The smallest absolute Gasteiger partial charge is 0.139 e. The van der Waals surface area contributed by atoms with E-state index in [1.807, 2.05) is 12.3 Å². The monoisotopic (exact) mass is 360 g/mol. The zero-order valence-electron chi connectivity index (χ0n) is 11.4. The van der Waals surface area contributed by atoms with E-state index in [1.165, 1.54) is 6.04 Å². The van der Waals surface area contributed by atoms with E-state index in [0.29, 0.717) is 11.9 Å². The Labute approximate surface area is 128 Å². The second-order valence-corrected chi connectivity index (χ2v) is 12.6. The van der Waals surface area contributed by atoms with Crippen LogP contribution < -0.4 is 0 Å². The van der Waals surface area contributed by atoms with Crippen LogP contribution in [0.3, 0.4) is 0 Å². The number of ether oxygens (including phenoxy) is 1. The molecule has 2 aromatic rings. The van der Waals surface area contributed by atoms with E-state index in [0.717, 1.165) is 22.0 Å². The van der Waals surface area contributed by atoms with Gasteiger partial charge in [-0.15, -0.1) is 0 Å². The molecule has 0 saturated carbocycles. The molecule has 0 fully saturated rings. The van der Waals surface area contributed by atoms with Crippen molar-refractivity contribution < 1.29 is 4.74 Å². The number of rotatable bonds is 5. The summed E-state index contributed by atoms with van der Waals surface area (Å²) in [7, 11) is -1.03. The molecule has 0 aliphatic carbocycles. The summed E-state index contributed by atoms with van der Waals surface area (Å²) in [6, 6.07) is 3.13. The molecule has 104 valence electrons. The molecule has 2 rings (SSSR count). The summed E-state index contributed by atoms with van der Waals surface area (Å²) in [5, 5.41) is 1.46. The topological polar surface area (TPSA) is 27.1 Å². The number of hydrogen-bond donors (Lipinski definition) is 0. The van der Waals surface area contributed by atoms with E-state index >= 15 is 0 Å². The number of pyridine rings is 1. The van der Waals surface area contributed by atoms with Gasteiger partial charge in [0.25, 0.3) is 0 Å². The second-order valence-electron chi connectivity index (χ2n) is 5.79. The Bertz CT molecular complexity index is 580. The Hall–Kier alpha value is -0.363. The normalized spacial score (nSPS) is 12.3. The first-order valence-electron chi connectivity index (χ1n) is 6.25. The van der Waals surface area contributed by atoms with E-state index in [9.17, 15) is 0 Å². The molecule has 0 spiro atoms. The molecule has 0 unspecified atom stereocenters. The van der Waals surface area contributed by atoms with Gasteiger partial charge in [0.15, 0.2) is 0 Å². The van der Waals surface area contributed by atoms with Gasteiger partial charge in [-0.1, -0.05) is 31.2 Å². The lowest BCUT2D eigenvalue weighted by atomic mass is 10.3. The molecule has 0 bridgehead atoms. The fraction of sp³-hybridized carbons (Fsp3) is 0.462. The Morgan fingerprint density at radius 1 is 1.42 bits per heavy atom. The highest BCUT2D eigenvalue weighted by atomic mass is 79.9. The lowest BCUT2D eigenvalue weighted by Gasteiger charge is -2.15. The van der Waals surface area contributed by atoms with Crippen LogP contribution >= 0.6 is 27.5 Å². The number of nitrogens with zero attached hydrogens (tertiary/aromatic N) is 2. The van der Waals surface area contributed by atoms with Gasteiger partial charge in [0.2, 0.25) is 0 Å². The largest absolute Gasteiger partial charge is 0.361 e. The summed E-state index contributed by atoms with van der Waals surface area (Å²) in [4.78, 5) is 4.10. The standard InChI is InChI=1S/C13H18BrClN2OSi/c1-19(2,3)7-6-18-9-17-8-10(14)12-11(17)4-5-16-13(12)15/h4-5,8H,6-7,9H2,1-3H3. The van der Waals surface area contributed by atoms with E-state index in [-0.39, 0.29) is 0 Å². The maximum absolute atomic E-state index is 6.11. The maximum atomic E-state index is 6.11. The third-order valence-electron chi connectivity index (χ3n) is 2.93. The quantitative estimate of drug-likeness (QED) is 0.436. The second kappa shape index (κ2) is 5.95. The molecule has 2 aromatic heterocycles. The minimum absolute atomic E-state index is 0.519. The van der Waals surface area contributed by atoms with Crippen LogP contribution in [-0.4, -0.2) is 24.2 Å². The molecule has 0 N–H and O–H groups in total. The van der Waals surface area contributed by atoms with Crippen molar-refractivity contribution in [2.45, 2.75) is 32.4 Å². The summed E-state index contributed by atoms with van der Waals surface area (Å²) in [5.74, 6) is 0. The molecule has 6 heteroatoms. The minimum Gasteiger partial charge on any atom is -0.361 e. The summed E-state index contributed by atoms with van der Waals surface area (Å²) in [5.41, 5.74) is 1.04. The fourth-order valence-corrected chi connectivity index (χ4v) is 3.57. The fourth-order valence-electron chi connectivity index (χ4n) is 1.81. The molecule has 0 aliphatic heterocycles. The molecule has 3 nitrogen and oxygen atoms in total. The van der Waals surface area contributed by atoms with Gasteiger partial charge in [0.05, 0.1) is 10.9 Å². The van der Waals surface area contributed by atoms with Crippen molar-refractivity contribution in [2.75, 3.05) is 6.61 Å². The van der Waals surface area contributed by atoms with Crippen LogP contribution in [0.25, 0.3) is 10.9 Å². The van der Waals surface area contributed by atoms with Gasteiger partial charge < -0.3 is 9.30 Å². The first kappa shape index (κ1) is 15.0. The Morgan fingerprint density at radius 3 is 2.84 bits per heavy atom. The Morgan fingerprint density at radius 2 is 2.16 bits per heavy atom. The first-order valence-corrected chi connectivity index (χ1v) is 11.1. The minimum atomic E-state index is -1.03. The van der Waals surface area contributed by atoms with Crippen molar-refractivity contribution in [1.82, 2.24) is 9.55 Å². The van der Waals surface area contributed by atoms with Crippen LogP contribution in [0, 0.1) is 0 Å². The van der Waals surface area contributed by atoms with Crippen molar-refractivity contribution in [3.63, 3.8) is 0 Å². The number of aromatic nitrogens is 2. The van der Waals surface area contributed by atoms with Gasteiger partial charge in [0, 0.05) is 31.5 Å². The summed E-state index contributed by atoms with van der Waals surface area (Å²) < 4.78 is 8.78. The molecule has 0 amide bonds. The number of halogens is 2. The molecule has 0 saturated heterocycles. The van der Waals surface area contributed by atoms with Crippen molar-refractivity contribution in [2.24, 2.45) is 0 Å². The van der Waals surface area contributed by atoms with E-state index in [1.54, 1.807) is 6.20 Å². The SMILES string of the molecule is C[Si](C)(C)CCOCn1cc(Br)c2c(Cl)nccc21. The van der Waals surface area contributed by atoms with E-state index in [2.05, 4.69) is 45.1 Å². The first-order chi connectivity index (χ1) is 8.88. The van der Waals surface area contributed by atoms with Crippen molar-refractivity contribution >= 4 is 46.5 Å². The van der Waals surface area contributed by atoms with Crippen LogP contribution in [0.4, 0.5) is 0 Å². The molecular weight excluding hydrogens is 344 g/mol. The van der Waals surface area contributed by atoms with Crippen molar-refractivity contribution in [3.05, 3.63) is 28.1 Å². The van der Waals surface area contributed by atoms with Gasteiger partial charge in [-0.2, -0.15) is 0 Å². The zero-order chi connectivity index (χ0) is 14.0. The summed E-state index contributed by atoms with van der Waals surface area (Å²) >= 11 is 9.62. The van der Waals surface area contributed by atoms with Crippen LogP contribution in [0.5, 0.6) is 0 Å². The molecule has 0 aromatic carbocycles. The van der Waals surface area contributed by atoms with Crippen LogP contribution in [0.2, 0.25) is 30.8 Å². The molecule has 0 aliphatic rings. The van der Waals surface area contributed by atoms with Crippen molar-refractivity contribution in [3.8, 4) is 0 Å². The van der Waals surface area contributed by atoms with Crippen molar-refractivity contribution in [1.29, 1.82) is 0 Å². The lowest BCUT2D eigenvalue weighted by molar-refractivity contribution is 0.0902. The highest BCUT2D eigenvalue weighted by molar-refractivity contribution is 9.10. The van der Waals surface area contributed by atoms with Gasteiger partial charge in [-0.3, -0.25) is 0 Å². The Kier molecular flexibility index (Phi) is 4.71. The number of hydrogen-bond acceptors (Lipinski definition) is 2. The predicted molar refractivity (Wildman–Crippen MR) is 86.5 cm³/mol. The van der Waals surface area contributed by atoms with Crippen LogP contribution in [-0.2, 0) is 11.5 Å². The Balaban J connectivity index is 2.08. The third kappa shape index (κ3) is 3.81. The van der Waals surface area contributed by atoms with Gasteiger partial charge in [-0.05, 0) is 28.0 Å². The molecule has 0 radical (unpaired) electrons. The lowest BCUT2D eigenvalue weighted by Crippen LogP contribution is -2.21. The molecule has 19 heavy (non-hydrogen) atoms. The average Bonchev–Trinajstić information content (AvgIpc) is 2.62. The van der Waals surface area contributed by atoms with E-state index < -0.39 is 8.07 Å². The number of fused-ring (bicyclic) bond motifs is 1. The summed E-state index contributed by atoms with van der Waals surface area (Å²) in [6.07, 6.45) is 3.71. The predicted octanol–water partition coefficient (Wildman–Crippen LogP) is 4.76. The highest BCUT2D eigenvalue weighted by Gasteiger charge is 2.13. The summed E-state index contributed by atoms with van der Waals surface area (Å²) in [6.45, 7) is 8.41. The van der Waals surface area contributed by atoms with Gasteiger partial charge >= 0.3 is 0 Å². The third-order valence-corrected chi connectivity index (χ3v) is 5.52. The molecular formula is C13H18BrClN2OSi. The average molecular weight is 362 g/mol. The van der Waals surface area contributed by atoms with E-state index in [4.69, 9.17) is 16.3 Å². The van der Waals surface area contributed by atoms with Gasteiger partial charge in [-0.25, -0.2) is 4.98 Å². The van der Waals surface area contributed by atoms with Crippen LogP contribution in [0.1, 0.15) is 0 Å². The zero-order valence-corrected chi connectivity index (χ0v) is 14.8. The molecule has 0 atom stereocenters. The van der Waals surface area contributed by atoms with Crippen LogP contribution in [0.15, 0.2) is 22.9 Å². The highest BCUT2D eigenvalue weighted by Crippen LogP contribution is 2.30.